The summed E-state index contributed by atoms with van der Waals surface area (Å²) in [5.74, 6) is 0. The van der Waals surface area contributed by atoms with E-state index in [1.165, 1.54) is 17.6 Å². The zero-order valence-electron chi connectivity index (χ0n) is 18.4. The first-order chi connectivity index (χ1) is 14.7. The largest absolute Gasteiger partial charge is 0.147 e. The average Bonchev–Trinajstić information content (AvgIpc) is 3.37. The SMILES string of the molecule is CC1=CC[C]([Zr]([CH]2C=Cc3ccccc32)=[Si](c2ccccc2)c2ccccc2)=C1C.Cl.Cl. The number of fused-ring (bicyclic) bond motifs is 1. The molecule has 0 aliphatic heterocycles. The Hall–Kier alpha value is -1.44. The Kier molecular flexibility index (Phi) is 8.75. The molecule has 4 heteroatoms. The van der Waals surface area contributed by atoms with Gasteiger partial charge in [-0.25, -0.2) is 0 Å². The zero-order chi connectivity index (χ0) is 20.5. The second-order valence-electron chi connectivity index (χ2n) is 8.18. The van der Waals surface area contributed by atoms with Crippen LogP contribution in [0.2, 0.25) is 0 Å². The summed E-state index contributed by atoms with van der Waals surface area (Å²) in [6, 6.07) is 32.0. The van der Waals surface area contributed by atoms with Crippen molar-refractivity contribution in [2.24, 2.45) is 0 Å². The average molecular weight is 555 g/mol. The first-order valence-corrected chi connectivity index (χ1v) is 18.6. The van der Waals surface area contributed by atoms with E-state index < -0.39 is 25.8 Å². The summed E-state index contributed by atoms with van der Waals surface area (Å²) in [5, 5.41) is 3.18. The molecule has 2 aliphatic rings. The van der Waals surface area contributed by atoms with Crippen LogP contribution < -0.4 is 10.4 Å². The molecule has 0 radical (unpaired) electrons. The summed E-state index contributed by atoms with van der Waals surface area (Å²) in [4.78, 5) is 0. The van der Waals surface area contributed by atoms with Crippen molar-refractivity contribution in [1.82, 2.24) is 0 Å². The summed E-state index contributed by atoms with van der Waals surface area (Å²) in [5.41, 5.74) is 5.26. The van der Waals surface area contributed by atoms with Gasteiger partial charge in [0.05, 0.1) is 0 Å². The summed E-state index contributed by atoms with van der Waals surface area (Å²) in [7, 11) is 0. The fourth-order valence-electron chi connectivity index (χ4n) is 4.79. The van der Waals surface area contributed by atoms with Gasteiger partial charge in [0.2, 0.25) is 0 Å². The first-order valence-electron chi connectivity index (χ1n) is 10.7. The van der Waals surface area contributed by atoms with Crippen LogP contribution in [0.4, 0.5) is 0 Å². The maximum absolute atomic E-state index is 2.56. The smallest absolute Gasteiger partial charge is 0.147 e. The van der Waals surface area contributed by atoms with Crippen LogP contribution in [0, 0.1) is 0 Å². The second kappa shape index (κ2) is 11.1. The Morgan fingerprint density at radius 2 is 1.31 bits per heavy atom. The molecule has 0 spiro atoms. The number of rotatable bonds is 4. The normalized spacial score (nSPS) is 16.1. The Balaban J connectivity index is 0.00000144. The van der Waals surface area contributed by atoms with Gasteiger partial charge in [0.25, 0.3) is 0 Å². The number of hydrogen-bond acceptors (Lipinski definition) is 0. The molecule has 5 rings (SSSR count). The van der Waals surface area contributed by atoms with Crippen molar-refractivity contribution >= 4 is 46.7 Å². The van der Waals surface area contributed by atoms with Gasteiger partial charge in [-0.05, 0) is 0 Å². The topological polar surface area (TPSA) is 0 Å². The molecule has 0 saturated heterocycles. The van der Waals surface area contributed by atoms with Gasteiger partial charge < -0.3 is 0 Å². The molecule has 0 N–H and O–H groups in total. The molecule has 0 heterocycles. The van der Waals surface area contributed by atoms with E-state index in [1.54, 1.807) is 21.5 Å². The van der Waals surface area contributed by atoms with Crippen LogP contribution in [0.1, 0.15) is 35.0 Å². The molecule has 1 atom stereocenters. The zero-order valence-corrected chi connectivity index (χ0v) is 23.5. The minimum atomic E-state index is -2.18. The molecule has 1 unspecified atom stereocenters. The van der Waals surface area contributed by atoms with Gasteiger partial charge in [-0.15, -0.1) is 24.8 Å². The third-order valence-electron chi connectivity index (χ3n) is 6.49. The summed E-state index contributed by atoms with van der Waals surface area (Å²) < 4.78 is 2.46. The molecular formula is C28H28Cl2SiZr. The maximum atomic E-state index is 2.56. The van der Waals surface area contributed by atoms with Crippen molar-refractivity contribution in [2.45, 2.75) is 23.9 Å². The molecule has 0 bridgehead atoms. The molecule has 0 amide bonds. The number of hydrogen-bond donors (Lipinski definition) is 0. The van der Waals surface area contributed by atoms with Gasteiger partial charge in [-0.3, -0.25) is 0 Å². The van der Waals surface area contributed by atoms with Crippen LogP contribution in [-0.4, -0.2) is 5.43 Å². The third kappa shape index (κ3) is 4.75. The van der Waals surface area contributed by atoms with E-state index in [1.807, 2.05) is 3.28 Å². The molecule has 0 saturated carbocycles. The summed E-state index contributed by atoms with van der Waals surface area (Å²) in [6.07, 6.45) is 8.60. The quantitative estimate of drug-likeness (QED) is 0.317. The Labute approximate surface area is 212 Å². The van der Waals surface area contributed by atoms with Crippen molar-refractivity contribution < 1.29 is 20.4 Å². The Bertz CT molecular complexity index is 1180. The van der Waals surface area contributed by atoms with Gasteiger partial charge >= 0.3 is 189 Å². The van der Waals surface area contributed by atoms with Gasteiger partial charge in [-0.1, -0.05) is 0 Å². The van der Waals surface area contributed by atoms with Gasteiger partial charge in [0.1, 0.15) is 0 Å². The predicted octanol–water partition coefficient (Wildman–Crippen LogP) is 6.65. The molecule has 3 aromatic carbocycles. The molecular weight excluding hydrogens is 527 g/mol. The van der Waals surface area contributed by atoms with Gasteiger partial charge in [-0.2, -0.15) is 0 Å². The maximum Gasteiger partial charge on any atom is -0.147 e. The van der Waals surface area contributed by atoms with Crippen molar-refractivity contribution in [3.05, 3.63) is 123 Å². The molecule has 0 nitrogen and oxygen atoms in total. The summed E-state index contributed by atoms with van der Waals surface area (Å²) in [6.45, 7) is 4.69. The van der Waals surface area contributed by atoms with Crippen molar-refractivity contribution in [3.63, 3.8) is 0 Å². The summed E-state index contributed by atoms with van der Waals surface area (Å²) >= 11 is -2.18. The molecule has 162 valence electrons. The van der Waals surface area contributed by atoms with Crippen LogP contribution >= 0.6 is 24.8 Å². The van der Waals surface area contributed by atoms with Crippen LogP contribution in [0.15, 0.2) is 112 Å². The predicted molar refractivity (Wildman–Crippen MR) is 142 cm³/mol. The van der Waals surface area contributed by atoms with Gasteiger partial charge in [0.15, 0.2) is 0 Å². The second-order valence-corrected chi connectivity index (χ2v) is 22.0. The van der Waals surface area contributed by atoms with E-state index in [0.29, 0.717) is 3.63 Å². The molecule has 0 aromatic heterocycles. The van der Waals surface area contributed by atoms with E-state index in [0.717, 1.165) is 0 Å². The van der Waals surface area contributed by atoms with Gasteiger partial charge in [0, 0.05) is 0 Å². The van der Waals surface area contributed by atoms with E-state index in [9.17, 15) is 0 Å². The minimum absolute atomic E-state index is 0. The molecule has 2 aliphatic carbocycles. The van der Waals surface area contributed by atoms with E-state index in [2.05, 4.69) is 117 Å². The van der Waals surface area contributed by atoms with Crippen molar-refractivity contribution in [2.75, 3.05) is 0 Å². The molecule has 3 aromatic rings. The Morgan fingerprint density at radius 1 is 0.750 bits per heavy atom. The minimum Gasteiger partial charge on any atom is -0.147 e. The standard InChI is InChI=1S/C12H10Si.C9H7.C7H9.2ClH.Zr/c1-3-7-11(8-4-1)13-12-9-5-2-6-10-12;1-2-5-9-7-3-6-8(9)4-1;1-6-4-3-5-7(6)2;;;/h1-10H;1-7H;4H,3H2,1-2H3;2*1H;. The Morgan fingerprint density at radius 3 is 1.88 bits per heavy atom. The van der Waals surface area contributed by atoms with E-state index in [4.69, 9.17) is 0 Å². The number of benzene rings is 3. The van der Waals surface area contributed by atoms with Crippen LogP contribution in [-0.2, 0) is 20.4 Å². The van der Waals surface area contributed by atoms with E-state index in [-0.39, 0.29) is 24.8 Å². The monoisotopic (exact) mass is 552 g/mol. The van der Waals surface area contributed by atoms with Crippen molar-refractivity contribution in [1.29, 1.82) is 0 Å². The number of halogens is 2. The van der Waals surface area contributed by atoms with Crippen molar-refractivity contribution in [3.8, 4) is 0 Å². The van der Waals surface area contributed by atoms with Crippen LogP contribution in [0.25, 0.3) is 6.08 Å². The molecule has 32 heavy (non-hydrogen) atoms. The molecule has 0 fully saturated rings. The fourth-order valence-corrected chi connectivity index (χ4v) is 27.5. The fraction of sp³-hybridized carbons (Fsp3) is 0.143. The van der Waals surface area contributed by atoms with E-state index >= 15 is 0 Å². The third-order valence-corrected chi connectivity index (χ3v) is 26.5. The number of allylic oxidation sites excluding steroid dienone is 5. The van der Waals surface area contributed by atoms with Crippen LogP contribution in [0.5, 0.6) is 0 Å². The van der Waals surface area contributed by atoms with Crippen LogP contribution in [0.3, 0.4) is 0 Å². The first kappa shape index (κ1) is 25.2.